The van der Waals surface area contributed by atoms with Crippen molar-refractivity contribution in [2.45, 2.75) is 6.42 Å². The highest BCUT2D eigenvalue weighted by Crippen LogP contribution is 2.32. The minimum absolute atomic E-state index is 0.148. The van der Waals surface area contributed by atoms with Crippen molar-refractivity contribution >= 4 is 39.7 Å². The lowest BCUT2D eigenvalue weighted by Gasteiger charge is -2.10. The first-order valence-corrected chi connectivity index (χ1v) is 10.4. The third-order valence-corrected chi connectivity index (χ3v) is 5.99. The predicted molar refractivity (Wildman–Crippen MR) is 120 cm³/mol. The molecule has 32 heavy (non-hydrogen) atoms. The van der Waals surface area contributed by atoms with Crippen LogP contribution in [0.4, 0.5) is 14.6 Å². The van der Waals surface area contributed by atoms with Crippen molar-refractivity contribution in [1.29, 1.82) is 0 Å². The highest BCUT2D eigenvalue weighted by atomic mass is 35.5. The van der Waals surface area contributed by atoms with Gasteiger partial charge in [0.1, 0.15) is 11.6 Å². The Bertz CT molecular complexity index is 1470. The van der Waals surface area contributed by atoms with E-state index in [1.165, 1.54) is 6.07 Å². The first-order chi connectivity index (χ1) is 15.6. The van der Waals surface area contributed by atoms with E-state index in [-0.39, 0.29) is 10.6 Å². The van der Waals surface area contributed by atoms with Gasteiger partial charge < -0.3 is 5.32 Å². The molecule has 0 amide bonds. The summed E-state index contributed by atoms with van der Waals surface area (Å²) in [5, 5.41) is 10.5. The Kier molecular flexibility index (Phi) is 4.29. The Morgan fingerprint density at radius 2 is 1.94 bits per heavy atom. The molecule has 6 nitrogen and oxygen atoms in total. The van der Waals surface area contributed by atoms with Crippen LogP contribution in [0.5, 0.6) is 0 Å². The van der Waals surface area contributed by atoms with Crippen LogP contribution in [-0.4, -0.2) is 39.0 Å². The van der Waals surface area contributed by atoms with Crippen molar-refractivity contribution in [3.63, 3.8) is 0 Å². The van der Waals surface area contributed by atoms with Crippen LogP contribution in [-0.2, 0) is 6.42 Å². The maximum Gasteiger partial charge on any atom is 0.151 e. The van der Waals surface area contributed by atoms with Gasteiger partial charge in [-0.3, -0.25) is 15.1 Å². The van der Waals surface area contributed by atoms with Crippen LogP contribution in [0.25, 0.3) is 27.9 Å². The summed E-state index contributed by atoms with van der Waals surface area (Å²) in [6.45, 7) is 1.24. The van der Waals surface area contributed by atoms with E-state index in [0.29, 0.717) is 29.0 Å². The molecule has 2 aliphatic rings. The van der Waals surface area contributed by atoms with Crippen LogP contribution in [0.1, 0.15) is 16.8 Å². The summed E-state index contributed by atoms with van der Waals surface area (Å²) in [5.74, 6) is -0.649. The van der Waals surface area contributed by atoms with E-state index in [1.54, 1.807) is 6.20 Å². The Hall–Kier alpha value is -3.65. The number of nitrogens with zero attached hydrogens (tertiary/aromatic N) is 4. The van der Waals surface area contributed by atoms with Gasteiger partial charge in [-0.2, -0.15) is 5.10 Å². The quantitative estimate of drug-likeness (QED) is 0.441. The molecule has 0 spiro atoms. The molecule has 2 aliphatic heterocycles. The van der Waals surface area contributed by atoms with E-state index in [0.717, 1.165) is 47.2 Å². The number of fused-ring (bicyclic) bond motifs is 2. The highest BCUT2D eigenvalue weighted by molar-refractivity contribution is 6.35. The number of anilines is 1. The summed E-state index contributed by atoms with van der Waals surface area (Å²) in [4.78, 5) is 13.7. The van der Waals surface area contributed by atoms with Crippen LogP contribution in [0.15, 0.2) is 47.6 Å². The number of hydrogen-bond acceptors (Lipinski definition) is 5. The van der Waals surface area contributed by atoms with E-state index < -0.39 is 11.6 Å². The van der Waals surface area contributed by atoms with Gasteiger partial charge in [0.25, 0.3) is 0 Å². The zero-order valence-electron chi connectivity index (χ0n) is 16.6. The van der Waals surface area contributed by atoms with Gasteiger partial charge in [0.2, 0.25) is 0 Å². The average molecular weight is 449 g/mol. The maximum absolute atomic E-state index is 14.5. The van der Waals surface area contributed by atoms with E-state index in [4.69, 9.17) is 16.6 Å². The number of aromatic nitrogens is 4. The molecule has 6 rings (SSSR count). The lowest BCUT2D eigenvalue weighted by Crippen LogP contribution is -2.07. The van der Waals surface area contributed by atoms with Crippen molar-refractivity contribution < 1.29 is 8.78 Å². The van der Waals surface area contributed by atoms with Crippen molar-refractivity contribution in [1.82, 2.24) is 20.2 Å². The SMILES string of the molecule is Fc1cc(F)c(C2=NCC=C2c2ccc3ncc(-c4[nH]nc5c4CCN5)cc3n2)cc1Cl. The molecular weight excluding hydrogens is 434 g/mol. The molecule has 2 N–H and O–H groups in total. The molecule has 1 aromatic carbocycles. The number of halogens is 3. The topological polar surface area (TPSA) is 78.8 Å². The fourth-order valence-corrected chi connectivity index (χ4v) is 4.33. The monoisotopic (exact) mass is 448 g/mol. The summed E-state index contributed by atoms with van der Waals surface area (Å²) < 4.78 is 28.1. The number of H-pyrrole nitrogens is 1. The minimum Gasteiger partial charge on any atom is -0.368 e. The van der Waals surface area contributed by atoms with Gasteiger partial charge in [-0.05, 0) is 30.7 Å². The van der Waals surface area contributed by atoms with E-state index >= 15 is 0 Å². The van der Waals surface area contributed by atoms with Gasteiger partial charge in [-0.25, -0.2) is 13.8 Å². The third kappa shape index (κ3) is 2.98. The number of aromatic amines is 1. The zero-order chi connectivity index (χ0) is 21.8. The van der Waals surface area contributed by atoms with Gasteiger partial charge in [0.15, 0.2) is 5.82 Å². The molecule has 0 saturated heterocycles. The summed E-state index contributed by atoms with van der Waals surface area (Å²) in [6.07, 6.45) is 4.56. The lowest BCUT2D eigenvalue weighted by molar-refractivity contribution is 0.582. The van der Waals surface area contributed by atoms with E-state index in [1.807, 2.05) is 24.3 Å². The normalized spacial score (nSPS) is 15.0. The average Bonchev–Trinajstić information content (AvgIpc) is 3.52. The Labute approximate surface area is 186 Å². The second kappa shape index (κ2) is 7.20. The number of allylic oxidation sites excluding steroid dienone is 1. The van der Waals surface area contributed by atoms with Crippen molar-refractivity contribution in [2.75, 3.05) is 18.4 Å². The molecule has 9 heteroatoms. The summed E-state index contributed by atoms with van der Waals surface area (Å²) in [7, 11) is 0. The van der Waals surface area contributed by atoms with Crippen molar-refractivity contribution in [3.8, 4) is 11.3 Å². The molecule has 0 bridgehead atoms. The first-order valence-electron chi connectivity index (χ1n) is 10.1. The van der Waals surface area contributed by atoms with Crippen molar-refractivity contribution in [3.05, 3.63) is 76.1 Å². The molecule has 0 fully saturated rings. The molecule has 0 radical (unpaired) electrons. The third-order valence-electron chi connectivity index (χ3n) is 5.70. The van der Waals surface area contributed by atoms with E-state index in [2.05, 4.69) is 25.5 Å². The second-order valence-electron chi connectivity index (χ2n) is 7.61. The Morgan fingerprint density at radius 1 is 1.03 bits per heavy atom. The molecular formula is C23H15ClF2N6. The van der Waals surface area contributed by atoms with Crippen LogP contribution in [0.2, 0.25) is 5.02 Å². The van der Waals surface area contributed by atoms with Crippen molar-refractivity contribution in [2.24, 2.45) is 4.99 Å². The fraction of sp³-hybridized carbons (Fsp3) is 0.130. The van der Waals surface area contributed by atoms with E-state index in [9.17, 15) is 8.78 Å². The number of pyridine rings is 2. The smallest absolute Gasteiger partial charge is 0.151 e. The van der Waals surface area contributed by atoms with Gasteiger partial charge in [-0.1, -0.05) is 17.7 Å². The molecule has 158 valence electrons. The molecule has 0 saturated carbocycles. The molecule has 3 aromatic heterocycles. The summed E-state index contributed by atoms with van der Waals surface area (Å²) >= 11 is 5.89. The molecule has 0 aliphatic carbocycles. The number of hydrogen-bond donors (Lipinski definition) is 2. The highest BCUT2D eigenvalue weighted by Gasteiger charge is 2.23. The maximum atomic E-state index is 14.5. The summed E-state index contributed by atoms with van der Waals surface area (Å²) in [5.41, 5.74) is 6.24. The largest absolute Gasteiger partial charge is 0.368 e. The first kappa shape index (κ1) is 19.1. The van der Waals surface area contributed by atoms with Gasteiger partial charge in [0.05, 0.1) is 39.7 Å². The van der Waals surface area contributed by atoms with Gasteiger partial charge in [0, 0.05) is 41.1 Å². The number of nitrogens with one attached hydrogen (secondary N) is 2. The minimum atomic E-state index is -0.806. The molecule has 5 heterocycles. The molecule has 4 aromatic rings. The summed E-state index contributed by atoms with van der Waals surface area (Å²) in [6, 6.07) is 7.68. The molecule has 0 unspecified atom stereocenters. The van der Waals surface area contributed by atoms with Crippen LogP contribution >= 0.6 is 11.6 Å². The van der Waals surface area contributed by atoms with Gasteiger partial charge >= 0.3 is 0 Å². The molecule has 0 atom stereocenters. The fourth-order valence-electron chi connectivity index (χ4n) is 4.16. The number of benzene rings is 1. The standard InChI is InChI=1S/C23H15ClF2N6/c24-15-8-14(16(25)9-17(15)26)22-12(3-5-27-22)18-1-2-19-20(30-18)7-11(10-29-19)21-13-4-6-28-23(13)32-31-21/h1-3,7-10H,4-6H2,(H2,28,31,32). The lowest BCUT2D eigenvalue weighted by atomic mass is 9.99. The van der Waals surface area contributed by atoms with Crippen LogP contribution in [0, 0.1) is 11.6 Å². The van der Waals surface area contributed by atoms with Gasteiger partial charge in [-0.15, -0.1) is 0 Å². The number of aliphatic imine (C=N–C) groups is 1. The predicted octanol–water partition coefficient (Wildman–Crippen LogP) is 4.81. The number of rotatable bonds is 3. The van der Waals surface area contributed by atoms with Crippen LogP contribution < -0.4 is 5.32 Å². The zero-order valence-corrected chi connectivity index (χ0v) is 17.3. The second-order valence-corrected chi connectivity index (χ2v) is 8.02. The Balaban J connectivity index is 1.41. The van der Waals surface area contributed by atoms with Crippen LogP contribution in [0.3, 0.4) is 0 Å². The Morgan fingerprint density at radius 3 is 2.84 bits per heavy atom.